The zero-order valence-corrected chi connectivity index (χ0v) is 12.0. The molecule has 0 saturated carbocycles. The van der Waals surface area contributed by atoms with E-state index in [1.54, 1.807) is 0 Å². The highest BCUT2D eigenvalue weighted by Gasteiger charge is 2.15. The first-order valence-electron chi connectivity index (χ1n) is 6.49. The largest absolute Gasteiger partial charge is 0.352 e. The molecular formula is C14H19BrN2O. The minimum Gasteiger partial charge on any atom is -0.352 e. The predicted molar refractivity (Wildman–Crippen MR) is 76.5 cm³/mol. The van der Waals surface area contributed by atoms with Gasteiger partial charge in [0, 0.05) is 23.5 Å². The molecule has 18 heavy (non-hydrogen) atoms. The van der Waals surface area contributed by atoms with E-state index in [4.69, 9.17) is 0 Å². The Morgan fingerprint density at radius 2 is 2.28 bits per heavy atom. The summed E-state index contributed by atoms with van der Waals surface area (Å²) in [7, 11) is 0. The summed E-state index contributed by atoms with van der Waals surface area (Å²) >= 11 is 3.50. The molecule has 1 unspecified atom stereocenters. The highest BCUT2D eigenvalue weighted by molar-refractivity contribution is 9.10. The molecule has 98 valence electrons. The lowest BCUT2D eigenvalue weighted by atomic mass is 10.1. The molecule has 1 aliphatic heterocycles. The Bertz CT molecular complexity index is 403. The molecule has 1 fully saturated rings. The average Bonchev–Trinajstić information content (AvgIpc) is 2.39. The van der Waals surface area contributed by atoms with Crippen LogP contribution in [0.15, 0.2) is 28.7 Å². The Hall–Kier alpha value is -0.870. The molecular weight excluding hydrogens is 292 g/mol. The Labute approximate surface area is 116 Å². The number of hydrogen-bond acceptors (Lipinski definition) is 2. The molecule has 0 bridgehead atoms. The van der Waals surface area contributed by atoms with Gasteiger partial charge in [-0.2, -0.15) is 0 Å². The van der Waals surface area contributed by atoms with Gasteiger partial charge in [-0.05, 0) is 37.4 Å². The van der Waals surface area contributed by atoms with E-state index < -0.39 is 0 Å². The number of amides is 1. The maximum absolute atomic E-state index is 11.8. The smallest absolute Gasteiger partial charge is 0.220 e. The van der Waals surface area contributed by atoms with E-state index in [0.717, 1.165) is 36.8 Å². The van der Waals surface area contributed by atoms with Crippen molar-refractivity contribution in [3.63, 3.8) is 0 Å². The first-order chi connectivity index (χ1) is 8.75. The van der Waals surface area contributed by atoms with E-state index in [9.17, 15) is 4.79 Å². The van der Waals surface area contributed by atoms with Crippen molar-refractivity contribution in [2.24, 2.45) is 0 Å². The third-order valence-electron chi connectivity index (χ3n) is 3.24. The van der Waals surface area contributed by atoms with E-state index in [1.165, 1.54) is 5.56 Å². The van der Waals surface area contributed by atoms with Crippen molar-refractivity contribution in [1.29, 1.82) is 0 Å². The van der Waals surface area contributed by atoms with Crippen molar-refractivity contribution in [3.05, 3.63) is 34.3 Å². The highest BCUT2D eigenvalue weighted by Crippen LogP contribution is 2.17. The third-order valence-corrected chi connectivity index (χ3v) is 4.01. The first-order valence-corrected chi connectivity index (χ1v) is 7.28. The number of hydrogen-bond donors (Lipinski definition) is 2. The quantitative estimate of drug-likeness (QED) is 0.895. The molecule has 1 amide bonds. The summed E-state index contributed by atoms with van der Waals surface area (Å²) in [6.45, 7) is 1.98. The zero-order chi connectivity index (χ0) is 12.8. The fraction of sp³-hybridized carbons (Fsp3) is 0.500. The summed E-state index contributed by atoms with van der Waals surface area (Å²) in [4.78, 5) is 11.8. The molecule has 1 aromatic rings. The topological polar surface area (TPSA) is 41.1 Å². The van der Waals surface area contributed by atoms with Crippen molar-refractivity contribution in [2.75, 3.05) is 13.1 Å². The maximum Gasteiger partial charge on any atom is 0.220 e. The fourth-order valence-corrected chi connectivity index (χ4v) is 2.71. The van der Waals surface area contributed by atoms with Gasteiger partial charge in [0.15, 0.2) is 0 Å². The van der Waals surface area contributed by atoms with Crippen LogP contribution in [0.2, 0.25) is 0 Å². The van der Waals surface area contributed by atoms with E-state index in [1.807, 2.05) is 18.2 Å². The number of aryl methyl sites for hydroxylation is 1. The molecule has 4 heteroatoms. The van der Waals surface area contributed by atoms with Crippen LogP contribution in [0.25, 0.3) is 0 Å². The van der Waals surface area contributed by atoms with Crippen LogP contribution in [0.4, 0.5) is 0 Å². The highest BCUT2D eigenvalue weighted by atomic mass is 79.9. The molecule has 0 spiro atoms. The number of rotatable bonds is 4. The van der Waals surface area contributed by atoms with E-state index in [0.29, 0.717) is 12.5 Å². The van der Waals surface area contributed by atoms with Crippen LogP contribution in [0.1, 0.15) is 24.8 Å². The van der Waals surface area contributed by atoms with Gasteiger partial charge in [0.2, 0.25) is 5.91 Å². The maximum atomic E-state index is 11.8. The van der Waals surface area contributed by atoms with E-state index in [2.05, 4.69) is 32.6 Å². The van der Waals surface area contributed by atoms with Crippen LogP contribution >= 0.6 is 15.9 Å². The van der Waals surface area contributed by atoms with Gasteiger partial charge < -0.3 is 10.6 Å². The number of carbonyl (C=O) groups is 1. The molecule has 1 atom stereocenters. The summed E-state index contributed by atoms with van der Waals surface area (Å²) in [5.41, 5.74) is 1.19. The van der Waals surface area contributed by atoms with E-state index >= 15 is 0 Å². The van der Waals surface area contributed by atoms with Gasteiger partial charge in [-0.15, -0.1) is 0 Å². The number of carbonyl (C=O) groups excluding carboxylic acids is 1. The van der Waals surface area contributed by atoms with Crippen LogP contribution in [0.5, 0.6) is 0 Å². The second-order valence-electron chi connectivity index (χ2n) is 4.70. The summed E-state index contributed by atoms with van der Waals surface area (Å²) in [6.07, 6.45) is 3.58. The Morgan fingerprint density at radius 3 is 3.00 bits per heavy atom. The number of benzene rings is 1. The number of piperidine rings is 1. The predicted octanol–water partition coefficient (Wildman–Crippen LogP) is 2.25. The number of halogens is 1. The lowest BCUT2D eigenvalue weighted by molar-refractivity contribution is -0.121. The molecule has 1 aromatic carbocycles. The second kappa shape index (κ2) is 6.90. The molecule has 1 aliphatic rings. The molecule has 2 rings (SSSR count). The van der Waals surface area contributed by atoms with Crippen molar-refractivity contribution >= 4 is 21.8 Å². The van der Waals surface area contributed by atoms with Crippen LogP contribution < -0.4 is 10.6 Å². The summed E-state index contributed by atoms with van der Waals surface area (Å²) in [5.74, 6) is 0.152. The van der Waals surface area contributed by atoms with Crippen LogP contribution in [0, 0.1) is 0 Å². The second-order valence-corrected chi connectivity index (χ2v) is 5.56. The summed E-state index contributed by atoms with van der Waals surface area (Å²) in [5, 5.41) is 6.39. The van der Waals surface area contributed by atoms with E-state index in [-0.39, 0.29) is 5.91 Å². The molecule has 1 heterocycles. The van der Waals surface area contributed by atoms with Crippen LogP contribution in [-0.2, 0) is 11.2 Å². The van der Waals surface area contributed by atoms with Gasteiger partial charge in [0.1, 0.15) is 0 Å². The third kappa shape index (κ3) is 4.10. The first kappa shape index (κ1) is 13.6. The van der Waals surface area contributed by atoms with Crippen molar-refractivity contribution < 1.29 is 4.79 Å². The van der Waals surface area contributed by atoms with Crippen LogP contribution in [0.3, 0.4) is 0 Å². The lowest BCUT2D eigenvalue weighted by Crippen LogP contribution is -2.45. The normalized spacial score (nSPS) is 19.5. The van der Waals surface area contributed by atoms with Gasteiger partial charge >= 0.3 is 0 Å². The molecule has 2 N–H and O–H groups in total. The summed E-state index contributed by atoms with van der Waals surface area (Å²) in [6, 6.07) is 8.37. The van der Waals surface area contributed by atoms with Gasteiger partial charge in [0.25, 0.3) is 0 Å². The average molecular weight is 311 g/mol. The Balaban J connectivity index is 1.76. The number of nitrogens with one attached hydrogen (secondary N) is 2. The van der Waals surface area contributed by atoms with Crippen molar-refractivity contribution in [2.45, 2.75) is 31.7 Å². The molecule has 0 aromatic heterocycles. The molecule has 0 aliphatic carbocycles. The fourth-order valence-electron chi connectivity index (χ4n) is 2.22. The van der Waals surface area contributed by atoms with Gasteiger partial charge in [-0.25, -0.2) is 0 Å². The summed E-state index contributed by atoms with van der Waals surface area (Å²) < 4.78 is 1.08. The zero-order valence-electron chi connectivity index (χ0n) is 10.4. The monoisotopic (exact) mass is 310 g/mol. The SMILES string of the molecule is O=C(CCc1ccccc1Br)NC1CCCNC1. The molecule has 1 saturated heterocycles. The standard InChI is InChI=1S/C14H19BrN2O/c15-13-6-2-1-4-11(13)7-8-14(18)17-12-5-3-9-16-10-12/h1-2,4,6,12,16H,3,5,7-10H2,(H,17,18). The van der Waals surface area contributed by atoms with Gasteiger partial charge in [-0.1, -0.05) is 34.1 Å². The van der Waals surface area contributed by atoms with Crippen molar-refractivity contribution in [1.82, 2.24) is 10.6 Å². The van der Waals surface area contributed by atoms with Gasteiger partial charge in [0.05, 0.1) is 0 Å². The van der Waals surface area contributed by atoms with Crippen molar-refractivity contribution in [3.8, 4) is 0 Å². The van der Waals surface area contributed by atoms with Gasteiger partial charge in [-0.3, -0.25) is 4.79 Å². The van der Waals surface area contributed by atoms with Crippen LogP contribution in [-0.4, -0.2) is 25.0 Å². The Morgan fingerprint density at radius 1 is 1.44 bits per heavy atom. The minimum atomic E-state index is 0.152. The molecule has 3 nitrogen and oxygen atoms in total. The molecule has 0 radical (unpaired) electrons. The Kier molecular flexibility index (Phi) is 5.20. The minimum absolute atomic E-state index is 0.152. The lowest BCUT2D eigenvalue weighted by Gasteiger charge is -2.23.